The number of ether oxygens (including phenoxy) is 1. The van der Waals surface area contributed by atoms with Crippen molar-refractivity contribution in [3.8, 4) is 5.69 Å². The molecule has 0 radical (unpaired) electrons. The van der Waals surface area contributed by atoms with Crippen LogP contribution in [0.1, 0.15) is 18.8 Å². The van der Waals surface area contributed by atoms with Gasteiger partial charge in [0.05, 0.1) is 34.1 Å². The van der Waals surface area contributed by atoms with Crippen molar-refractivity contribution in [2.45, 2.75) is 13.0 Å². The Kier molecular flexibility index (Phi) is 4.18. The van der Waals surface area contributed by atoms with Gasteiger partial charge in [-0.2, -0.15) is 4.68 Å². The van der Waals surface area contributed by atoms with E-state index in [0.29, 0.717) is 6.61 Å². The second kappa shape index (κ2) is 6.25. The van der Waals surface area contributed by atoms with E-state index in [1.54, 1.807) is 23.1 Å². The average molecular weight is 304 g/mol. The number of nitrogens with one attached hydrogen (secondary N) is 1. The van der Waals surface area contributed by atoms with Crippen LogP contribution in [-0.4, -0.2) is 45.5 Å². The Bertz CT molecular complexity index is 724. The number of rotatable bonds is 6. The van der Waals surface area contributed by atoms with E-state index >= 15 is 0 Å². The molecule has 2 aromatic heterocycles. The summed E-state index contributed by atoms with van der Waals surface area (Å²) < 4.78 is 7.91. The fraction of sp³-hybridized carbons (Fsp3) is 0.385. The standard InChI is InChI=1S/C13H16N6OS/c1-9(14-5-6-20-2)13-16-17-18-19(13)10-3-4-11-12(7-10)21-8-15-11/h3-4,7-9,14H,5-6H2,1-2H3. The van der Waals surface area contributed by atoms with Gasteiger partial charge in [0.1, 0.15) is 0 Å². The van der Waals surface area contributed by atoms with E-state index in [1.165, 1.54) is 0 Å². The Morgan fingerprint density at radius 1 is 1.43 bits per heavy atom. The third-order valence-electron chi connectivity index (χ3n) is 3.20. The van der Waals surface area contributed by atoms with Crippen molar-refractivity contribution in [1.29, 1.82) is 0 Å². The molecule has 0 aliphatic carbocycles. The second-order valence-electron chi connectivity index (χ2n) is 4.62. The first kappa shape index (κ1) is 14.1. The van der Waals surface area contributed by atoms with Crippen molar-refractivity contribution in [3.05, 3.63) is 29.5 Å². The molecule has 0 spiro atoms. The van der Waals surface area contributed by atoms with Gasteiger partial charge in [-0.05, 0) is 35.5 Å². The van der Waals surface area contributed by atoms with Crippen LogP contribution < -0.4 is 5.32 Å². The molecule has 8 heteroatoms. The average Bonchev–Trinajstić information content (AvgIpc) is 3.15. The number of hydrogen-bond donors (Lipinski definition) is 1. The molecule has 3 aromatic rings. The van der Waals surface area contributed by atoms with Gasteiger partial charge >= 0.3 is 0 Å². The quantitative estimate of drug-likeness (QED) is 0.697. The first-order valence-corrected chi connectivity index (χ1v) is 7.52. The van der Waals surface area contributed by atoms with Crippen molar-refractivity contribution < 1.29 is 4.74 Å². The van der Waals surface area contributed by atoms with Crippen LogP contribution in [0.5, 0.6) is 0 Å². The lowest BCUT2D eigenvalue weighted by Gasteiger charge is -2.13. The molecule has 0 fully saturated rings. The number of methoxy groups -OCH3 is 1. The van der Waals surface area contributed by atoms with E-state index in [0.717, 1.165) is 28.3 Å². The molecule has 3 rings (SSSR count). The molecule has 0 aliphatic heterocycles. The summed E-state index contributed by atoms with van der Waals surface area (Å²) in [6, 6.07) is 6.04. The maximum absolute atomic E-state index is 5.04. The van der Waals surface area contributed by atoms with Crippen molar-refractivity contribution in [1.82, 2.24) is 30.5 Å². The van der Waals surface area contributed by atoms with Crippen molar-refractivity contribution in [3.63, 3.8) is 0 Å². The van der Waals surface area contributed by atoms with Crippen LogP contribution in [0.15, 0.2) is 23.7 Å². The van der Waals surface area contributed by atoms with E-state index in [2.05, 4.69) is 31.9 Å². The van der Waals surface area contributed by atoms with E-state index in [-0.39, 0.29) is 6.04 Å². The molecule has 0 saturated carbocycles. The highest BCUT2D eigenvalue weighted by molar-refractivity contribution is 7.16. The largest absolute Gasteiger partial charge is 0.383 e. The topological polar surface area (TPSA) is 77.8 Å². The van der Waals surface area contributed by atoms with Gasteiger partial charge in [0.2, 0.25) is 0 Å². The SMILES string of the molecule is COCCNC(C)c1nnnn1-c1ccc2ncsc2c1. The molecule has 0 amide bonds. The van der Waals surface area contributed by atoms with E-state index in [4.69, 9.17) is 4.74 Å². The number of nitrogens with zero attached hydrogens (tertiary/aromatic N) is 5. The summed E-state index contributed by atoms with van der Waals surface area (Å²) in [5.41, 5.74) is 3.76. The number of hydrogen-bond acceptors (Lipinski definition) is 7. The fourth-order valence-electron chi connectivity index (χ4n) is 2.09. The molecule has 0 aliphatic rings. The fourth-order valence-corrected chi connectivity index (χ4v) is 2.80. The van der Waals surface area contributed by atoms with Crippen LogP contribution in [0, 0.1) is 0 Å². The lowest BCUT2D eigenvalue weighted by Crippen LogP contribution is -2.25. The summed E-state index contributed by atoms with van der Waals surface area (Å²) in [5.74, 6) is 0.773. The van der Waals surface area contributed by atoms with E-state index in [9.17, 15) is 0 Å². The molecule has 110 valence electrons. The van der Waals surface area contributed by atoms with Crippen LogP contribution in [0.25, 0.3) is 15.9 Å². The minimum absolute atomic E-state index is 0.0345. The maximum Gasteiger partial charge on any atom is 0.173 e. The predicted molar refractivity (Wildman–Crippen MR) is 80.6 cm³/mol. The van der Waals surface area contributed by atoms with Crippen LogP contribution >= 0.6 is 11.3 Å². The highest BCUT2D eigenvalue weighted by Crippen LogP contribution is 2.22. The van der Waals surface area contributed by atoms with Gasteiger partial charge in [0, 0.05) is 13.7 Å². The summed E-state index contributed by atoms with van der Waals surface area (Å²) in [4.78, 5) is 4.28. The molecule has 1 aromatic carbocycles. The second-order valence-corrected chi connectivity index (χ2v) is 5.51. The first-order chi connectivity index (χ1) is 10.3. The Morgan fingerprint density at radius 3 is 3.19 bits per heavy atom. The van der Waals surface area contributed by atoms with Crippen LogP contribution in [0.3, 0.4) is 0 Å². The number of thiazole rings is 1. The minimum Gasteiger partial charge on any atom is -0.383 e. The Hall–Kier alpha value is -1.90. The number of tetrazole rings is 1. The monoisotopic (exact) mass is 304 g/mol. The predicted octanol–water partition coefficient (Wildman–Crippen LogP) is 1.57. The number of fused-ring (bicyclic) bond motifs is 1. The molecule has 0 bridgehead atoms. The highest BCUT2D eigenvalue weighted by Gasteiger charge is 2.15. The third kappa shape index (κ3) is 2.92. The maximum atomic E-state index is 5.04. The first-order valence-electron chi connectivity index (χ1n) is 6.64. The Labute approximate surface area is 126 Å². The van der Waals surface area contributed by atoms with Gasteiger partial charge in [0.15, 0.2) is 5.82 Å². The summed E-state index contributed by atoms with van der Waals surface area (Å²) >= 11 is 1.60. The van der Waals surface area contributed by atoms with E-state index < -0.39 is 0 Å². The Morgan fingerprint density at radius 2 is 2.33 bits per heavy atom. The van der Waals surface area contributed by atoms with Gasteiger partial charge in [-0.3, -0.25) is 0 Å². The molecule has 1 unspecified atom stereocenters. The molecule has 2 heterocycles. The number of benzene rings is 1. The van der Waals surface area contributed by atoms with Gasteiger partial charge in [-0.15, -0.1) is 16.4 Å². The smallest absolute Gasteiger partial charge is 0.173 e. The zero-order valence-electron chi connectivity index (χ0n) is 11.9. The van der Waals surface area contributed by atoms with Crippen molar-refractivity contribution in [2.75, 3.05) is 20.3 Å². The zero-order chi connectivity index (χ0) is 14.7. The molecular formula is C13H16N6OS. The summed E-state index contributed by atoms with van der Waals surface area (Å²) in [7, 11) is 1.68. The van der Waals surface area contributed by atoms with Gasteiger partial charge in [-0.25, -0.2) is 4.98 Å². The van der Waals surface area contributed by atoms with Gasteiger partial charge < -0.3 is 10.1 Å². The molecule has 0 saturated heterocycles. The Balaban J connectivity index is 1.87. The molecule has 7 nitrogen and oxygen atoms in total. The van der Waals surface area contributed by atoms with E-state index in [1.807, 2.05) is 24.6 Å². The van der Waals surface area contributed by atoms with Crippen LogP contribution in [0.4, 0.5) is 0 Å². The van der Waals surface area contributed by atoms with Crippen LogP contribution in [0.2, 0.25) is 0 Å². The normalized spacial score (nSPS) is 12.9. The zero-order valence-corrected chi connectivity index (χ0v) is 12.7. The molecule has 21 heavy (non-hydrogen) atoms. The summed E-state index contributed by atoms with van der Waals surface area (Å²) in [5, 5.41) is 15.3. The number of aromatic nitrogens is 5. The summed E-state index contributed by atoms with van der Waals surface area (Å²) in [6.07, 6.45) is 0. The van der Waals surface area contributed by atoms with Crippen molar-refractivity contribution >= 4 is 21.6 Å². The lowest BCUT2D eigenvalue weighted by molar-refractivity contribution is 0.196. The third-order valence-corrected chi connectivity index (χ3v) is 3.99. The van der Waals surface area contributed by atoms with Gasteiger partial charge in [-0.1, -0.05) is 0 Å². The van der Waals surface area contributed by atoms with Gasteiger partial charge in [0.25, 0.3) is 0 Å². The molecule has 1 N–H and O–H groups in total. The van der Waals surface area contributed by atoms with Crippen LogP contribution in [-0.2, 0) is 4.74 Å². The molecular weight excluding hydrogens is 288 g/mol. The lowest BCUT2D eigenvalue weighted by atomic mass is 10.2. The minimum atomic E-state index is 0.0345. The highest BCUT2D eigenvalue weighted by atomic mass is 32.1. The van der Waals surface area contributed by atoms with Crippen molar-refractivity contribution in [2.24, 2.45) is 0 Å². The molecule has 1 atom stereocenters. The summed E-state index contributed by atoms with van der Waals surface area (Å²) in [6.45, 7) is 3.43.